The van der Waals surface area contributed by atoms with Gasteiger partial charge in [-0.25, -0.2) is 4.98 Å². The third kappa shape index (κ3) is 4.12. The number of nitrogens with two attached hydrogens (primary N) is 2. The van der Waals surface area contributed by atoms with Gasteiger partial charge < -0.3 is 21.4 Å². The van der Waals surface area contributed by atoms with E-state index in [1.54, 1.807) is 0 Å². The normalized spacial score (nSPS) is 20.4. The first-order chi connectivity index (χ1) is 16.3. The second-order valence-electron chi connectivity index (χ2n) is 8.83. The highest BCUT2D eigenvalue weighted by Crippen LogP contribution is 2.46. The third-order valence-corrected chi connectivity index (χ3v) is 6.92. The molecule has 33 heavy (non-hydrogen) atoms. The number of hydrogen-bond acceptors (Lipinski definition) is 5. The Hall–Kier alpha value is -3.22. The average Bonchev–Trinajstić information content (AvgIpc) is 3.41. The highest BCUT2D eigenvalue weighted by molar-refractivity contribution is 5.63. The summed E-state index contributed by atoms with van der Waals surface area (Å²) in [6.07, 6.45) is 18.6. The SMILES string of the molecule is NCc1cccc(CN)c1N(C1CCCc2cccnc21)C(c1ncc[nH]1)C1C=CC=CC1. The van der Waals surface area contributed by atoms with Gasteiger partial charge in [0.2, 0.25) is 0 Å². The number of hydrogen-bond donors (Lipinski definition) is 3. The topological polar surface area (TPSA) is 96.8 Å². The first-order valence-corrected chi connectivity index (χ1v) is 11.9. The molecular weight excluding hydrogens is 408 g/mol. The maximum atomic E-state index is 6.30. The Bertz CT molecular complexity index is 1110. The molecule has 2 aliphatic carbocycles. The monoisotopic (exact) mass is 440 g/mol. The standard InChI is InChI=1S/C27H32N6/c28-17-21-10-4-11-22(18-29)25(21)33(23-13-5-9-19-12-6-14-30-24(19)23)26(27-31-15-16-32-27)20-7-2-1-3-8-20/h1-4,6-7,10-12,14-16,20,23,26H,5,8-9,13,17-18,28-29H2,(H,31,32). The summed E-state index contributed by atoms with van der Waals surface area (Å²) in [7, 11) is 0. The van der Waals surface area contributed by atoms with Crippen molar-refractivity contribution in [2.24, 2.45) is 17.4 Å². The average molecular weight is 441 g/mol. The van der Waals surface area contributed by atoms with E-state index in [1.807, 2.05) is 24.7 Å². The van der Waals surface area contributed by atoms with Crippen LogP contribution in [0, 0.1) is 5.92 Å². The Morgan fingerprint density at radius 3 is 2.58 bits per heavy atom. The predicted octanol–water partition coefficient (Wildman–Crippen LogP) is 4.48. The molecule has 0 saturated carbocycles. The first kappa shape index (κ1) is 21.6. The van der Waals surface area contributed by atoms with Crippen LogP contribution in [0.2, 0.25) is 0 Å². The number of rotatable bonds is 7. The summed E-state index contributed by atoms with van der Waals surface area (Å²) in [6.45, 7) is 0.902. The van der Waals surface area contributed by atoms with Crippen LogP contribution in [0.5, 0.6) is 0 Å². The van der Waals surface area contributed by atoms with Crippen molar-refractivity contribution in [3.05, 3.63) is 101 Å². The lowest BCUT2D eigenvalue weighted by molar-refractivity contribution is 0.389. The van der Waals surface area contributed by atoms with Gasteiger partial charge in [-0.1, -0.05) is 48.6 Å². The van der Waals surface area contributed by atoms with Gasteiger partial charge in [0.1, 0.15) is 5.82 Å². The Morgan fingerprint density at radius 2 is 1.88 bits per heavy atom. The van der Waals surface area contributed by atoms with E-state index in [1.165, 1.54) is 5.56 Å². The zero-order chi connectivity index (χ0) is 22.6. The molecule has 6 heteroatoms. The van der Waals surface area contributed by atoms with Gasteiger partial charge in [-0.3, -0.25) is 4.98 Å². The van der Waals surface area contributed by atoms with E-state index in [2.05, 4.69) is 58.5 Å². The number of para-hydroxylation sites is 1. The molecule has 0 amide bonds. The lowest BCUT2D eigenvalue weighted by Crippen LogP contribution is -2.40. The second kappa shape index (κ2) is 9.73. The molecule has 0 fully saturated rings. The molecule has 3 unspecified atom stereocenters. The molecule has 2 heterocycles. The molecule has 0 saturated heterocycles. The van der Waals surface area contributed by atoms with Crippen molar-refractivity contribution in [3.63, 3.8) is 0 Å². The van der Waals surface area contributed by atoms with Crippen LogP contribution in [-0.2, 0) is 19.5 Å². The summed E-state index contributed by atoms with van der Waals surface area (Å²) in [5, 5.41) is 0. The Morgan fingerprint density at radius 1 is 1.03 bits per heavy atom. The summed E-state index contributed by atoms with van der Waals surface area (Å²) >= 11 is 0. The van der Waals surface area contributed by atoms with Crippen molar-refractivity contribution < 1.29 is 0 Å². The summed E-state index contributed by atoms with van der Waals surface area (Å²) in [5.74, 6) is 1.21. The Balaban J connectivity index is 1.75. The second-order valence-corrected chi connectivity index (χ2v) is 8.83. The van der Waals surface area contributed by atoms with Crippen LogP contribution in [-0.4, -0.2) is 15.0 Å². The molecule has 3 atom stereocenters. The summed E-state index contributed by atoms with van der Waals surface area (Å²) in [6, 6.07) is 10.7. The molecule has 2 aromatic heterocycles. The van der Waals surface area contributed by atoms with E-state index in [0.29, 0.717) is 13.1 Å². The van der Waals surface area contributed by atoms with Gasteiger partial charge in [-0.2, -0.15) is 0 Å². The largest absolute Gasteiger partial charge is 0.352 e. The molecule has 6 nitrogen and oxygen atoms in total. The molecule has 0 spiro atoms. The molecule has 170 valence electrons. The quantitative estimate of drug-likeness (QED) is 0.503. The lowest BCUT2D eigenvalue weighted by Gasteiger charge is -2.45. The van der Waals surface area contributed by atoms with E-state index >= 15 is 0 Å². The highest BCUT2D eigenvalue weighted by atomic mass is 15.2. The van der Waals surface area contributed by atoms with Crippen molar-refractivity contribution in [1.29, 1.82) is 0 Å². The van der Waals surface area contributed by atoms with Crippen LogP contribution < -0.4 is 16.4 Å². The summed E-state index contributed by atoms with van der Waals surface area (Å²) in [5.41, 5.74) is 18.4. The van der Waals surface area contributed by atoms with Gasteiger partial charge in [0, 0.05) is 43.3 Å². The highest BCUT2D eigenvalue weighted by Gasteiger charge is 2.39. The van der Waals surface area contributed by atoms with E-state index in [-0.39, 0.29) is 18.0 Å². The van der Waals surface area contributed by atoms with E-state index in [0.717, 1.165) is 54.0 Å². The van der Waals surface area contributed by atoms with Gasteiger partial charge in [0.05, 0.1) is 17.8 Å². The predicted molar refractivity (Wildman–Crippen MR) is 132 cm³/mol. The number of pyridine rings is 1. The zero-order valence-electron chi connectivity index (χ0n) is 18.9. The molecule has 3 aromatic rings. The molecule has 5 N–H and O–H groups in total. The lowest BCUT2D eigenvalue weighted by atomic mass is 9.84. The summed E-state index contributed by atoms with van der Waals surface area (Å²) in [4.78, 5) is 15.6. The van der Waals surface area contributed by atoms with Crippen LogP contribution in [0.1, 0.15) is 59.6 Å². The number of aryl methyl sites for hydroxylation is 1. The molecule has 0 bridgehead atoms. The molecule has 2 aliphatic rings. The van der Waals surface area contributed by atoms with E-state index < -0.39 is 0 Å². The maximum Gasteiger partial charge on any atom is 0.129 e. The van der Waals surface area contributed by atoms with Crippen LogP contribution in [0.4, 0.5) is 5.69 Å². The first-order valence-electron chi connectivity index (χ1n) is 11.9. The molecule has 0 radical (unpaired) electrons. The van der Waals surface area contributed by atoms with Gasteiger partial charge in [0.25, 0.3) is 0 Å². The minimum atomic E-state index is -0.00263. The van der Waals surface area contributed by atoms with E-state index in [4.69, 9.17) is 21.4 Å². The van der Waals surface area contributed by atoms with Gasteiger partial charge in [-0.15, -0.1) is 0 Å². The number of benzene rings is 1. The number of allylic oxidation sites excluding steroid dienone is 3. The summed E-state index contributed by atoms with van der Waals surface area (Å²) < 4.78 is 0. The number of H-pyrrole nitrogens is 1. The van der Waals surface area contributed by atoms with Crippen molar-refractivity contribution in [2.45, 2.75) is 50.9 Å². The maximum absolute atomic E-state index is 6.30. The molecule has 1 aromatic carbocycles. The smallest absolute Gasteiger partial charge is 0.129 e. The fraction of sp³-hybridized carbons (Fsp3) is 0.333. The van der Waals surface area contributed by atoms with Crippen LogP contribution in [0.3, 0.4) is 0 Å². The van der Waals surface area contributed by atoms with Crippen molar-refractivity contribution in [2.75, 3.05) is 4.90 Å². The molecule has 5 rings (SSSR count). The van der Waals surface area contributed by atoms with Crippen molar-refractivity contribution in [3.8, 4) is 0 Å². The zero-order valence-corrected chi connectivity index (χ0v) is 18.9. The van der Waals surface area contributed by atoms with Crippen molar-refractivity contribution >= 4 is 5.69 Å². The fourth-order valence-corrected chi connectivity index (χ4v) is 5.46. The van der Waals surface area contributed by atoms with Gasteiger partial charge >= 0.3 is 0 Å². The minimum Gasteiger partial charge on any atom is -0.352 e. The van der Waals surface area contributed by atoms with Crippen molar-refractivity contribution in [1.82, 2.24) is 15.0 Å². The van der Waals surface area contributed by atoms with Crippen LogP contribution >= 0.6 is 0 Å². The van der Waals surface area contributed by atoms with E-state index in [9.17, 15) is 0 Å². The number of nitrogens with one attached hydrogen (secondary N) is 1. The number of nitrogens with zero attached hydrogens (tertiary/aromatic N) is 3. The number of imidazole rings is 1. The Kier molecular flexibility index (Phi) is 6.37. The van der Waals surface area contributed by atoms with Gasteiger partial charge in [-0.05, 0) is 48.4 Å². The molecular formula is C27H32N6. The third-order valence-electron chi connectivity index (χ3n) is 6.92. The molecule has 0 aliphatic heterocycles. The van der Waals surface area contributed by atoms with Crippen LogP contribution in [0.25, 0.3) is 0 Å². The Labute approximate surface area is 195 Å². The van der Waals surface area contributed by atoms with Gasteiger partial charge in [0.15, 0.2) is 0 Å². The number of fused-ring (bicyclic) bond motifs is 1. The number of anilines is 1. The van der Waals surface area contributed by atoms with Crippen LogP contribution in [0.15, 0.2) is 73.2 Å². The number of aromatic nitrogens is 3. The minimum absolute atomic E-state index is 0.00263. The fourth-order valence-electron chi connectivity index (χ4n) is 5.46. The number of aromatic amines is 1.